The summed E-state index contributed by atoms with van der Waals surface area (Å²) in [6.45, 7) is 4.90. The minimum Gasteiger partial charge on any atom is -0.464 e. The predicted molar refractivity (Wildman–Crippen MR) is 94.2 cm³/mol. The zero-order chi connectivity index (χ0) is 18.8. The molecule has 0 saturated heterocycles. The van der Waals surface area contributed by atoms with Gasteiger partial charge in [0.2, 0.25) is 0 Å². The fraction of sp³-hybridized carbons (Fsp3) is 0.278. The van der Waals surface area contributed by atoms with Crippen molar-refractivity contribution < 1.29 is 14.3 Å². The Kier molecular flexibility index (Phi) is 4.66. The number of nitrogens with zero attached hydrogens (tertiary/aromatic N) is 4. The molecule has 26 heavy (non-hydrogen) atoms. The first-order chi connectivity index (χ1) is 12.5. The number of esters is 1. The van der Waals surface area contributed by atoms with Crippen molar-refractivity contribution in [3.63, 3.8) is 0 Å². The highest BCUT2D eigenvalue weighted by atomic mass is 16.5. The normalized spacial score (nSPS) is 12.1. The van der Waals surface area contributed by atoms with Crippen LogP contribution in [0.25, 0.3) is 16.7 Å². The SMILES string of the molecule is CCOC(=O)[C@H](C(C)=O)n1cnc2c(cnn2-c2ccccc2C)c1=O. The average molecular weight is 354 g/mol. The van der Waals surface area contributed by atoms with E-state index < -0.39 is 23.4 Å². The molecule has 0 aliphatic rings. The summed E-state index contributed by atoms with van der Waals surface area (Å²) < 4.78 is 7.46. The summed E-state index contributed by atoms with van der Waals surface area (Å²) >= 11 is 0. The molecule has 3 rings (SSSR count). The molecule has 0 aliphatic carbocycles. The van der Waals surface area contributed by atoms with Gasteiger partial charge in [0.15, 0.2) is 17.5 Å². The fourth-order valence-corrected chi connectivity index (χ4v) is 2.78. The topological polar surface area (TPSA) is 96.1 Å². The van der Waals surface area contributed by atoms with Crippen molar-refractivity contribution in [2.24, 2.45) is 0 Å². The molecule has 0 saturated carbocycles. The van der Waals surface area contributed by atoms with E-state index in [4.69, 9.17) is 4.74 Å². The number of para-hydroxylation sites is 1. The van der Waals surface area contributed by atoms with Crippen LogP contribution in [-0.4, -0.2) is 37.7 Å². The van der Waals surface area contributed by atoms with Crippen LogP contribution in [0.3, 0.4) is 0 Å². The molecule has 2 heterocycles. The van der Waals surface area contributed by atoms with Gasteiger partial charge in [0.25, 0.3) is 5.56 Å². The first-order valence-corrected chi connectivity index (χ1v) is 8.13. The third-order valence-corrected chi connectivity index (χ3v) is 4.03. The summed E-state index contributed by atoms with van der Waals surface area (Å²) in [5, 5.41) is 4.47. The quantitative estimate of drug-likeness (QED) is 0.510. The Morgan fingerprint density at radius 2 is 2.00 bits per heavy atom. The van der Waals surface area contributed by atoms with Gasteiger partial charge in [0.1, 0.15) is 11.7 Å². The number of rotatable bonds is 5. The van der Waals surface area contributed by atoms with E-state index in [0.717, 1.165) is 15.8 Å². The van der Waals surface area contributed by atoms with Crippen LogP contribution in [0, 0.1) is 6.92 Å². The van der Waals surface area contributed by atoms with E-state index >= 15 is 0 Å². The molecule has 0 aliphatic heterocycles. The molecule has 8 nitrogen and oxygen atoms in total. The largest absolute Gasteiger partial charge is 0.464 e. The highest BCUT2D eigenvalue weighted by Crippen LogP contribution is 2.18. The minimum atomic E-state index is -1.36. The number of aryl methyl sites for hydroxylation is 1. The Bertz CT molecular complexity index is 1050. The van der Waals surface area contributed by atoms with E-state index in [1.165, 1.54) is 19.4 Å². The van der Waals surface area contributed by atoms with Crippen molar-refractivity contribution in [1.29, 1.82) is 0 Å². The molecule has 1 atom stereocenters. The number of ketones is 1. The standard InChI is InChI=1S/C18H18N4O4/c1-4-26-18(25)15(12(3)23)21-10-19-16-13(17(21)24)9-20-22(16)14-8-6-5-7-11(14)2/h5-10,15H,4H2,1-3H3/t15-/m0/s1. The van der Waals surface area contributed by atoms with Gasteiger partial charge < -0.3 is 4.74 Å². The van der Waals surface area contributed by atoms with Crippen LogP contribution in [0.15, 0.2) is 41.6 Å². The van der Waals surface area contributed by atoms with E-state index in [0.29, 0.717) is 5.65 Å². The lowest BCUT2D eigenvalue weighted by Gasteiger charge is -2.15. The van der Waals surface area contributed by atoms with E-state index in [1.807, 2.05) is 31.2 Å². The molecular weight excluding hydrogens is 336 g/mol. The number of aromatic nitrogens is 4. The lowest BCUT2D eigenvalue weighted by molar-refractivity contribution is -0.150. The Labute approximate surface area is 149 Å². The first-order valence-electron chi connectivity index (χ1n) is 8.13. The predicted octanol–water partition coefficient (Wildman–Crippen LogP) is 1.58. The van der Waals surface area contributed by atoms with Crippen molar-refractivity contribution in [2.45, 2.75) is 26.8 Å². The van der Waals surface area contributed by atoms with Gasteiger partial charge in [0.05, 0.1) is 18.5 Å². The van der Waals surface area contributed by atoms with E-state index in [1.54, 1.807) is 11.6 Å². The zero-order valence-electron chi connectivity index (χ0n) is 14.7. The summed E-state index contributed by atoms with van der Waals surface area (Å²) in [4.78, 5) is 41.1. The van der Waals surface area contributed by atoms with Crippen molar-refractivity contribution in [2.75, 3.05) is 6.61 Å². The summed E-state index contributed by atoms with van der Waals surface area (Å²) in [5.41, 5.74) is 1.59. The Morgan fingerprint density at radius 1 is 1.27 bits per heavy atom. The maximum absolute atomic E-state index is 12.8. The number of carbonyl (C=O) groups is 2. The van der Waals surface area contributed by atoms with Gasteiger partial charge >= 0.3 is 5.97 Å². The zero-order valence-corrected chi connectivity index (χ0v) is 14.7. The monoisotopic (exact) mass is 354 g/mol. The number of fused-ring (bicyclic) bond motifs is 1. The Hall–Kier alpha value is -3.29. The molecule has 0 unspecified atom stereocenters. The molecule has 0 spiro atoms. The summed E-state index contributed by atoms with van der Waals surface area (Å²) in [6.07, 6.45) is 2.57. The molecule has 0 radical (unpaired) electrons. The summed E-state index contributed by atoms with van der Waals surface area (Å²) in [7, 11) is 0. The minimum absolute atomic E-state index is 0.109. The van der Waals surface area contributed by atoms with Crippen LogP contribution in [0.4, 0.5) is 0 Å². The maximum Gasteiger partial charge on any atom is 0.337 e. The molecule has 0 bridgehead atoms. The van der Waals surface area contributed by atoms with E-state index in [9.17, 15) is 14.4 Å². The molecule has 3 aromatic rings. The molecule has 0 fully saturated rings. The lowest BCUT2D eigenvalue weighted by atomic mass is 10.2. The van der Waals surface area contributed by atoms with Gasteiger partial charge in [-0.05, 0) is 32.4 Å². The number of hydrogen-bond donors (Lipinski definition) is 0. The second-order valence-corrected chi connectivity index (χ2v) is 5.80. The first kappa shape index (κ1) is 17.5. The molecule has 0 N–H and O–H groups in total. The molecule has 134 valence electrons. The van der Waals surface area contributed by atoms with Gasteiger partial charge in [-0.25, -0.2) is 14.5 Å². The van der Waals surface area contributed by atoms with Crippen LogP contribution in [0.5, 0.6) is 0 Å². The second-order valence-electron chi connectivity index (χ2n) is 5.80. The van der Waals surface area contributed by atoms with E-state index in [2.05, 4.69) is 10.1 Å². The molecule has 0 amide bonds. The highest BCUT2D eigenvalue weighted by molar-refractivity contribution is 6.00. The second kappa shape index (κ2) is 6.91. The lowest BCUT2D eigenvalue weighted by Crippen LogP contribution is -2.35. The van der Waals surface area contributed by atoms with Gasteiger partial charge in [-0.1, -0.05) is 18.2 Å². The third kappa shape index (κ3) is 2.90. The fourth-order valence-electron chi connectivity index (χ4n) is 2.78. The smallest absolute Gasteiger partial charge is 0.337 e. The Balaban J connectivity index is 2.16. The average Bonchev–Trinajstić information content (AvgIpc) is 3.02. The van der Waals surface area contributed by atoms with Crippen molar-refractivity contribution in [3.05, 3.63) is 52.7 Å². The van der Waals surface area contributed by atoms with Gasteiger partial charge in [0, 0.05) is 0 Å². The number of hydrogen-bond acceptors (Lipinski definition) is 6. The number of benzene rings is 1. The van der Waals surface area contributed by atoms with Crippen LogP contribution in [0.2, 0.25) is 0 Å². The molecule has 8 heteroatoms. The van der Waals surface area contributed by atoms with Gasteiger partial charge in [-0.15, -0.1) is 0 Å². The van der Waals surface area contributed by atoms with Crippen LogP contribution in [-0.2, 0) is 14.3 Å². The van der Waals surface area contributed by atoms with Crippen LogP contribution in [0.1, 0.15) is 25.5 Å². The molecule has 1 aromatic carbocycles. The van der Waals surface area contributed by atoms with E-state index in [-0.39, 0.29) is 12.0 Å². The maximum atomic E-state index is 12.8. The van der Waals surface area contributed by atoms with Crippen molar-refractivity contribution >= 4 is 22.8 Å². The van der Waals surface area contributed by atoms with Crippen LogP contribution < -0.4 is 5.56 Å². The number of Topliss-reactive ketones (excluding diaryl/α,β-unsaturated/α-hetero) is 1. The molecule has 2 aromatic heterocycles. The third-order valence-electron chi connectivity index (χ3n) is 4.03. The summed E-state index contributed by atoms with van der Waals surface area (Å²) in [6, 6.07) is 6.20. The van der Waals surface area contributed by atoms with Crippen molar-refractivity contribution in [1.82, 2.24) is 19.3 Å². The number of carbonyl (C=O) groups excluding carboxylic acids is 2. The van der Waals surface area contributed by atoms with Crippen molar-refractivity contribution in [3.8, 4) is 5.69 Å². The summed E-state index contributed by atoms with van der Waals surface area (Å²) in [5.74, 6) is -1.28. The highest BCUT2D eigenvalue weighted by Gasteiger charge is 2.29. The van der Waals surface area contributed by atoms with Gasteiger partial charge in [-0.3, -0.25) is 14.2 Å². The van der Waals surface area contributed by atoms with Gasteiger partial charge in [-0.2, -0.15) is 5.10 Å². The molecular formula is C18H18N4O4. The number of ether oxygens (including phenoxy) is 1. The van der Waals surface area contributed by atoms with Crippen LogP contribution >= 0.6 is 0 Å². The Morgan fingerprint density at radius 3 is 2.65 bits per heavy atom.